The molecule has 0 aromatic heterocycles. The Bertz CT molecular complexity index is 1170. The Morgan fingerprint density at radius 3 is 1.76 bits per heavy atom. The maximum Gasteiger partial charge on any atom is 0.408 e. The van der Waals surface area contributed by atoms with Crippen LogP contribution < -0.4 is 5.32 Å². The van der Waals surface area contributed by atoms with Gasteiger partial charge in [0.05, 0.1) is 12.2 Å². The van der Waals surface area contributed by atoms with Crippen LogP contribution in [0.3, 0.4) is 0 Å². The van der Waals surface area contributed by atoms with Crippen LogP contribution >= 0.6 is 0 Å². The van der Waals surface area contributed by atoms with Crippen molar-refractivity contribution in [3.05, 3.63) is 60.2 Å². The standard InChI is InChI=1S/C32H47NO7Si/c1-30(2,3)39-28(35)26(33-29(36)40-31(4,5)6)25(21-37-41(10,11)32(7,8)9)38-27(34)24-19-17-23(18-20-24)22-15-13-12-14-16-22/h12-20,25-26H,21H2,1-11H3,(H,33,36)/t25-,26+/m1/s1. The van der Waals surface area contributed by atoms with Crippen LogP contribution in [0.25, 0.3) is 11.1 Å². The van der Waals surface area contributed by atoms with Gasteiger partial charge < -0.3 is 24.0 Å². The van der Waals surface area contributed by atoms with E-state index in [4.69, 9.17) is 18.6 Å². The van der Waals surface area contributed by atoms with Crippen LogP contribution in [-0.2, 0) is 23.4 Å². The van der Waals surface area contributed by atoms with Gasteiger partial charge in [0.15, 0.2) is 20.5 Å². The molecule has 0 fully saturated rings. The third-order valence-corrected chi connectivity index (χ3v) is 11.1. The molecule has 0 aliphatic heterocycles. The second-order valence-corrected chi connectivity index (χ2v) is 18.4. The molecule has 0 unspecified atom stereocenters. The molecule has 2 aromatic rings. The molecular formula is C32H47NO7Si. The normalized spacial score (nSPS) is 14.0. The molecule has 2 rings (SSSR count). The number of esters is 2. The van der Waals surface area contributed by atoms with Crippen molar-refractivity contribution in [3.63, 3.8) is 0 Å². The summed E-state index contributed by atoms with van der Waals surface area (Å²) in [5, 5.41) is 2.44. The van der Waals surface area contributed by atoms with Crippen molar-refractivity contribution in [3.8, 4) is 11.1 Å². The van der Waals surface area contributed by atoms with E-state index in [0.717, 1.165) is 11.1 Å². The molecule has 2 atom stereocenters. The molecule has 0 heterocycles. The van der Waals surface area contributed by atoms with Crippen molar-refractivity contribution in [1.29, 1.82) is 0 Å². The number of nitrogens with one attached hydrogen (secondary N) is 1. The van der Waals surface area contributed by atoms with Gasteiger partial charge in [0, 0.05) is 0 Å². The van der Waals surface area contributed by atoms with E-state index in [1.165, 1.54) is 0 Å². The Morgan fingerprint density at radius 1 is 0.756 bits per heavy atom. The summed E-state index contributed by atoms with van der Waals surface area (Å²) in [6.45, 7) is 20.5. The monoisotopic (exact) mass is 585 g/mol. The van der Waals surface area contributed by atoms with Crippen LogP contribution in [0.1, 0.15) is 72.7 Å². The average molecular weight is 586 g/mol. The van der Waals surface area contributed by atoms with Gasteiger partial charge in [-0.2, -0.15) is 0 Å². The van der Waals surface area contributed by atoms with Crippen LogP contribution in [0.4, 0.5) is 4.79 Å². The summed E-state index contributed by atoms with van der Waals surface area (Å²) in [5.41, 5.74) is 0.583. The molecule has 1 amide bonds. The zero-order valence-corrected chi connectivity index (χ0v) is 27.4. The number of hydrogen-bond donors (Lipinski definition) is 1. The van der Waals surface area contributed by atoms with E-state index in [-0.39, 0.29) is 11.6 Å². The Morgan fingerprint density at radius 2 is 1.27 bits per heavy atom. The quantitative estimate of drug-likeness (QED) is 0.190. The van der Waals surface area contributed by atoms with E-state index in [1.807, 2.05) is 42.5 Å². The van der Waals surface area contributed by atoms with Gasteiger partial charge in [-0.15, -0.1) is 0 Å². The number of benzene rings is 2. The second kappa shape index (κ2) is 13.2. The topological polar surface area (TPSA) is 100 Å². The summed E-state index contributed by atoms with van der Waals surface area (Å²) in [6, 6.07) is 15.4. The number of carbonyl (C=O) groups is 3. The third-order valence-electron chi connectivity index (χ3n) is 6.61. The van der Waals surface area contributed by atoms with Gasteiger partial charge in [0.25, 0.3) is 0 Å². The van der Waals surface area contributed by atoms with Gasteiger partial charge in [-0.25, -0.2) is 14.4 Å². The van der Waals surface area contributed by atoms with Crippen LogP contribution in [0, 0.1) is 0 Å². The first-order valence-electron chi connectivity index (χ1n) is 13.9. The maximum atomic E-state index is 13.4. The molecular weight excluding hydrogens is 538 g/mol. The SMILES string of the molecule is CC(C)(C)OC(=O)N[C@H](C(=O)OC(C)(C)C)[C@@H](CO[Si](C)(C)C(C)(C)C)OC(=O)c1ccc(-c2ccccc2)cc1. The van der Waals surface area contributed by atoms with Crippen LogP contribution in [0.5, 0.6) is 0 Å². The fourth-order valence-corrected chi connectivity index (χ4v) is 4.46. The Balaban J connectivity index is 2.42. The lowest BCUT2D eigenvalue weighted by Crippen LogP contribution is -2.56. The smallest absolute Gasteiger partial charge is 0.408 e. The highest BCUT2D eigenvalue weighted by molar-refractivity contribution is 6.74. The van der Waals surface area contributed by atoms with E-state index in [1.54, 1.807) is 53.7 Å². The predicted molar refractivity (Wildman–Crippen MR) is 163 cm³/mol. The fraction of sp³-hybridized carbons (Fsp3) is 0.531. The van der Waals surface area contributed by atoms with E-state index in [2.05, 4.69) is 39.2 Å². The van der Waals surface area contributed by atoms with Crippen molar-refractivity contribution in [2.45, 2.75) is 104 Å². The Hall–Kier alpha value is -3.17. The highest BCUT2D eigenvalue weighted by Crippen LogP contribution is 2.37. The number of rotatable bonds is 9. The number of hydrogen-bond acceptors (Lipinski definition) is 7. The van der Waals surface area contributed by atoms with Crippen LogP contribution in [-0.4, -0.2) is 56.3 Å². The predicted octanol–water partition coefficient (Wildman–Crippen LogP) is 7.14. The fourth-order valence-electron chi connectivity index (χ4n) is 3.44. The summed E-state index contributed by atoms with van der Waals surface area (Å²) in [4.78, 5) is 39.6. The minimum atomic E-state index is -2.34. The average Bonchev–Trinajstić information content (AvgIpc) is 2.83. The maximum absolute atomic E-state index is 13.4. The van der Waals surface area contributed by atoms with Crippen LogP contribution in [0.2, 0.25) is 18.1 Å². The molecule has 2 aromatic carbocycles. The molecule has 8 nitrogen and oxygen atoms in total. The van der Waals surface area contributed by atoms with E-state index in [0.29, 0.717) is 5.56 Å². The van der Waals surface area contributed by atoms with Crippen molar-refractivity contribution in [2.75, 3.05) is 6.61 Å². The molecule has 0 spiro atoms. The van der Waals surface area contributed by atoms with Gasteiger partial charge in [-0.1, -0.05) is 63.2 Å². The minimum Gasteiger partial charge on any atom is -0.458 e. The summed E-state index contributed by atoms with van der Waals surface area (Å²) in [6.07, 6.45) is -2.03. The largest absolute Gasteiger partial charge is 0.458 e. The first-order chi connectivity index (χ1) is 18.7. The number of ether oxygens (including phenoxy) is 3. The van der Waals surface area contributed by atoms with Gasteiger partial charge in [-0.3, -0.25) is 0 Å². The second-order valence-electron chi connectivity index (χ2n) is 13.6. The summed E-state index contributed by atoms with van der Waals surface area (Å²) in [5.74, 6) is -1.42. The first kappa shape index (κ1) is 34.0. The highest BCUT2D eigenvalue weighted by atomic mass is 28.4. The Labute approximate surface area is 246 Å². The lowest BCUT2D eigenvalue weighted by Gasteiger charge is -2.38. The summed E-state index contributed by atoms with van der Waals surface area (Å²) >= 11 is 0. The summed E-state index contributed by atoms with van der Waals surface area (Å²) in [7, 11) is -2.34. The molecule has 9 heteroatoms. The molecule has 226 valence electrons. The molecule has 0 aliphatic rings. The van der Waals surface area contributed by atoms with Gasteiger partial charge in [-0.05, 0) is 82.9 Å². The molecule has 0 saturated carbocycles. The molecule has 0 radical (unpaired) electrons. The van der Waals surface area contributed by atoms with Crippen molar-refractivity contribution in [1.82, 2.24) is 5.32 Å². The minimum absolute atomic E-state index is 0.121. The van der Waals surface area contributed by atoms with E-state index in [9.17, 15) is 14.4 Å². The Kier molecular flexibility index (Phi) is 11.0. The summed E-state index contributed by atoms with van der Waals surface area (Å²) < 4.78 is 23.3. The molecule has 0 saturated heterocycles. The zero-order valence-electron chi connectivity index (χ0n) is 26.4. The number of carbonyl (C=O) groups excluding carboxylic acids is 3. The molecule has 1 N–H and O–H groups in total. The van der Waals surface area contributed by atoms with E-state index >= 15 is 0 Å². The van der Waals surface area contributed by atoms with Gasteiger partial charge in [0.2, 0.25) is 0 Å². The lowest BCUT2D eigenvalue weighted by atomic mass is 10.0. The number of amides is 1. The van der Waals surface area contributed by atoms with Gasteiger partial charge >= 0.3 is 18.0 Å². The van der Waals surface area contributed by atoms with Crippen molar-refractivity contribution < 1.29 is 33.0 Å². The first-order valence-corrected chi connectivity index (χ1v) is 16.8. The third kappa shape index (κ3) is 11.0. The van der Waals surface area contributed by atoms with Gasteiger partial charge in [0.1, 0.15) is 11.2 Å². The van der Waals surface area contributed by atoms with E-state index < -0.39 is 49.7 Å². The number of alkyl carbamates (subject to hydrolysis) is 1. The highest BCUT2D eigenvalue weighted by Gasteiger charge is 2.42. The van der Waals surface area contributed by atoms with Crippen molar-refractivity contribution in [2.24, 2.45) is 0 Å². The van der Waals surface area contributed by atoms with Crippen LogP contribution in [0.15, 0.2) is 54.6 Å². The van der Waals surface area contributed by atoms with Crippen molar-refractivity contribution >= 4 is 26.3 Å². The zero-order chi connectivity index (χ0) is 31.2. The molecule has 41 heavy (non-hydrogen) atoms. The lowest BCUT2D eigenvalue weighted by molar-refractivity contribution is -0.161. The molecule has 0 aliphatic carbocycles. The molecule has 0 bridgehead atoms.